The van der Waals surface area contributed by atoms with Crippen molar-refractivity contribution >= 4 is 23.3 Å². The Labute approximate surface area is 144 Å². The Morgan fingerprint density at radius 3 is 1.60 bits per heavy atom. The summed E-state index contributed by atoms with van der Waals surface area (Å²) in [5, 5.41) is 29.9. The third kappa shape index (κ3) is 3.55. The molecule has 0 aromatic carbocycles. The van der Waals surface area contributed by atoms with Gasteiger partial charge in [0.25, 0.3) is 0 Å². The molecule has 0 aromatic heterocycles. The number of carbonyl (C=O) groups excluding carboxylic acids is 4. The maximum Gasteiger partial charge on any atom is 0.331 e. The molecule has 0 aliphatic carbocycles. The first-order chi connectivity index (χ1) is 11.7. The molecule has 8 nitrogen and oxygen atoms in total. The van der Waals surface area contributed by atoms with Crippen molar-refractivity contribution in [2.45, 2.75) is 11.7 Å². The van der Waals surface area contributed by atoms with Crippen LogP contribution in [0.5, 0.6) is 0 Å². The highest BCUT2D eigenvalue weighted by Crippen LogP contribution is 2.41. The summed E-state index contributed by atoms with van der Waals surface area (Å²) in [5.41, 5.74) is -5.63. The highest BCUT2D eigenvalue weighted by Gasteiger charge is 2.66. The highest BCUT2D eigenvalue weighted by molar-refractivity contribution is 6.21. The summed E-state index contributed by atoms with van der Waals surface area (Å²) in [6.45, 7) is 10.1. The SMILES string of the molecule is C=CC(=O)OC(C(=O)C=C)(C(=O)C=C)C(CO)(CO)C(O)C(=O)C=C. The average molecular weight is 352 g/mol. The van der Waals surface area contributed by atoms with Gasteiger partial charge in [0.05, 0.1) is 13.2 Å². The molecule has 0 aliphatic heterocycles. The van der Waals surface area contributed by atoms with Gasteiger partial charge in [0.15, 0.2) is 5.78 Å². The largest absolute Gasteiger partial charge is 0.438 e. The van der Waals surface area contributed by atoms with Gasteiger partial charge in [-0.1, -0.05) is 26.3 Å². The fourth-order valence-corrected chi connectivity index (χ4v) is 2.32. The third-order valence-electron chi connectivity index (χ3n) is 3.74. The summed E-state index contributed by atoms with van der Waals surface area (Å²) < 4.78 is 4.89. The van der Waals surface area contributed by atoms with E-state index in [0.29, 0.717) is 24.3 Å². The van der Waals surface area contributed by atoms with E-state index in [0.717, 1.165) is 0 Å². The zero-order valence-corrected chi connectivity index (χ0v) is 13.5. The van der Waals surface area contributed by atoms with Gasteiger partial charge in [0.2, 0.25) is 17.2 Å². The molecule has 1 unspecified atom stereocenters. The summed E-state index contributed by atoms with van der Waals surface area (Å²) in [4.78, 5) is 48.6. The number of carbonyl (C=O) groups is 4. The van der Waals surface area contributed by atoms with E-state index in [9.17, 15) is 34.5 Å². The summed E-state index contributed by atoms with van der Waals surface area (Å²) in [7, 11) is 0. The Bertz CT molecular complexity index is 592. The van der Waals surface area contributed by atoms with E-state index in [1.807, 2.05) is 0 Å². The number of aliphatic hydroxyl groups excluding tert-OH is 3. The van der Waals surface area contributed by atoms with E-state index in [4.69, 9.17) is 4.74 Å². The maximum absolute atomic E-state index is 12.5. The second-order valence-electron chi connectivity index (χ2n) is 4.92. The Kier molecular flexibility index (Phi) is 8.01. The van der Waals surface area contributed by atoms with Gasteiger partial charge in [0, 0.05) is 6.08 Å². The molecule has 0 aromatic rings. The molecule has 0 amide bonds. The van der Waals surface area contributed by atoms with Crippen LogP contribution in [0.3, 0.4) is 0 Å². The second-order valence-corrected chi connectivity index (χ2v) is 4.92. The first kappa shape index (κ1) is 22.3. The van der Waals surface area contributed by atoms with Crippen LogP contribution in [-0.4, -0.2) is 63.6 Å². The number of esters is 1. The van der Waals surface area contributed by atoms with Crippen molar-refractivity contribution < 1.29 is 39.2 Å². The molecule has 0 heterocycles. The number of hydrogen-bond acceptors (Lipinski definition) is 8. The molecular weight excluding hydrogens is 332 g/mol. The number of hydrogen-bond donors (Lipinski definition) is 3. The summed E-state index contributed by atoms with van der Waals surface area (Å²) in [6.07, 6.45) is 0.126. The lowest BCUT2D eigenvalue weighted by Crippen LogP contribution is -2.69. The topological polar surface area (TPSA) is 138 Å². The quantitative estimate of drug-likeness (QED) is 0.232. The van der Waals surface area contributed by atoms with Crippen molar-refractivity contribution in [3.63, 3.8) is 0 Å². The molecule has 0 bridgehead atoms. The fourth-order valence-electron chi connectivity index (χ4n) is 2.32. The fraction of sp³-hybridized carbons (Fsp3) is 0.294. The number of rotatable bonds is 12. The summed E-state index contributed by atoms with van der Waals surface area (Å²) >= 11 is 0. The minimum absolute atomic E-state index is 0.586. The molecule has 0 fully saturated rings. The standard InChI is InChI=1S/C17H20O8/c1-5-11(20)15(24)16(9-18,10-19)17(12(21)6-2,13(22)7-3)25-14(23)8-4/h5-8,15,18-19,24H,1-4,9-10H2. The molecule has 0 saturated heterocycles. The Balaban J connectivity index is 7.03. The molecule has 0 saturated carbocycles. The highest BCUT2D eigenvalue weighted by atomic mass is 16.6. The van der Waals surface area contributed by atoms with Crippen LogP contribution in [0.2, 0.25) is 0 Å². The molecule has 0 spiro atoms. The van der Waals surface area contributed by atoms with Crippen LogP contribution in [-0.2, 0) is 23.9 Å². The van der Waals surface area contributed by atoms with Crippen molar-refractivity contribution in [3.05, 3.63) is 50.6 Å². The number of ketones is 3. The smallest absolute Gasteiger partial charge is 0.331 e. The predicted molar refractivity (Wildman–Crippen MR) is 87.2 cm³/mol. The number of ether oxygens (including phenoxy) is 1. The summed E-state index contributed by atoms with van der Waals surface area (Å²) in [5.74, 6) is -4.98. The van der Waals surface area contributed by atoms with E-state index in [2.05, 4.69) is 26.3 Å². The zero-order valence-electron chi connectivity index (χ0n) is 13.5. The zero-order chi connectivity index (χ0) is 19.8. The molecule has 136 valence electrons. The lowest BCUT2D eigenvalue weighted by molar-refractivity contribution is -0.205. The van der Waals surface area contributed by atoms with E-state index in [-0.39, 0.29) is 0 Å². The van der Waals surface area contributed by atoms with E-state index >= 15 is 0 Å². The Morgan fingerprint density at radius 2 is 1.32 bits per heavy atom. The van der Waals surface area contributed by atoms with Gasteiger partial charge in [-0.15, -0.1) is 0 Å². The van der Waals surface area contributed by atoms with Gasteiger partial charge in [-0.25, -0.2) is 4.79 Å². The van der Waals surface area contributed by atoms with Gasteiger partial charge < -0.3 is 20.1 Å². The van der Waals surface area contributed by atoms with E-state index < -0.39 is 53.7 Å². The molecular formula is C17H20O8. The van der Waals surface area contributed by atoms with Gasteiger partial charge >= 0.3 is 5.97 Å². The first-order valence-corrected chi connectivity index (χ1v) is 6.94. The third-order valence-corrected chi connectivity index (χ3v) is 3.74. The van der Waals surface area contributed by atoms with Crippen molar-refractivity contribution in [3.8, 4) is 0 Å². The minimum atomic E-state index is -3.00. The van der Waals surface area contributed by atoms with Crippen LogP contribution < -0.4 is 0 Å². The van der Waals surface area contributed by atoms with E-state index in [1.54, 1.807) is 0 Å². The average Bonchev–Trinajstić information content (AvgIpc) is 2.65. The lowest BCUT2D eigenvalue weighted by atomic mass is 9.63. The van der Waals surface area contributed by atoms with Crippen molar-refractivity contribution in [2.24, 2.45) is 5.41 Å². The first-order valence-electron chi connectivity index (χ1n) is 6.94. The molecule has 8 heteroatoms. The van der Waals surface area contributed by atoms with Gasteiger partial charge in [0.1, 0.15) is 11.5 Å². The van der Waals surface area contributed by atoms with Crippen LogP contribution in [0.25, 0.3) is 0 Å². The number of aliphatic hydroxyl groups is 3. The van der Waals surface area contributed by atoms with Gasteiger partial charge in [-0.05, 0) is 18.2 Å². The normalized spacial score (nSPS) is 12.4. The Hall–Kier alpha value is -2.68. The minimum Gasteiger partial charge on any atom is -0.438 e. The monoisotopic (exact) mass is 352 g/mol. The maximum atomic E-state index is 12.5. The van der Waals surface area contributed by atoms with Gasteiger partial charge in [-0.2, -0.15) is 0 Å². The Morgan fingerprint density at radius 1 is 0.880 bits per heavy atom. The van der Waals surface area contributed by atoms with Crippen LogP contribution in [0.1, 0.15) is 0 Å². The van der Waals surface area contributed by atoms with Crippen LogP contribution in [0, 0.1) is 5.41 Å². The van der Waals surface area contributed by atoms with Crippen molar-refractivity contribution in [1.29, 1.82) is 0 Å². The molecule has 0 rings (SSSR count). The van der Waals surface area contributed by atoms with Gasteiger partial charge in [-0.3, -0.25) is 14.4 Å². The predicted octanol–water partition coefficient (Wildman–Crippen LogP) is -0.948. The van der Waals surface area contributed by atoms with Crippen molar-refractivity contribution in [1.82, 2.24) is 0 Å². The molecule has 0 radical (unpaired) electrons. The van der Waals surface area contributed by atoms with Crippen LogP contribution in [0.4, 0.5) is 0 Å². The second kappa shape index (κ2) is 8.97. The van der Waals surface area contributed by atoms with Crippen LogP contribution in [0.15, 0.2) is 50.6 Å². The molecule has 25 heavy (non-hydrogen) atoms. The van der Waals surface area contributed by atoms with Crippen molar-refractivity contribution in [2.75, 3.05) is 13.2 Å². The van der Waals surface area contributed by atoms with E-state index in [1.165, 1.54) is 0 Å². The summed E-state index contributed by atoms with van der Waals surface area (Å²) in [6, 6.07) is 0. The lowest BCUT2D eigenvalue weighted by Gasteiger charge is -2.46. The molecule has 0 aliphatic rings. The molecule has 3 N–H and O–H groups in total. The van der Waals surface area contributed by atoms with Crippen LogP contribution >= 0.6 is 0 Å². The molecule has 1 atom stereocenters.